The highest BCUT2D eigenvalue weighted by Gasteiger charge is 2.76. The van der Waals surface area contributed by atoms with Crippen LogP contribution in [0.1, 0.15) is 52.4 Å². The predicted molar refractivity (Wildman–Crippen MR) is 128 cm³/mol. The van der Waals surface area contributed by atoms with Gasteiger partial charge in [-0.25, -0.2) is 0 Å². The second kappa shape index (κ2) is 8.01. The number of fused-ring (bicyclic) bond motifs is 7. The minimum absolute atomic E-state index is 0.0128. The number of carbonyl (C=O) groups excluding carboxylic acids is 2. The van der Waals surface area contributed by atoms with Gasteiger partial charge >= 0.3 is 0 Å². The Labute approximate surface area is 205 Å². The lowest BCUT2D eigenvalue weighted by Crippen LogP contribution is -2.63. The molecule has 2 aliphatic heterocycles. The topological polar surface area (TPSA) is 93.1 Å². The average Bonchev–Trinajstić information content (AvgIpc) is 3.32. The summed E-state index contributed by atoms with van der Waals surface area (Å²) in [6.07, 6.45) is 8.84. The molecule has 0 aromatic rings. The van der Waals surface area contributed by atoms with Crippen molar-refractivity contribution in [2.75, 3.05) is 18.1 Å². The zero-order chi connectivity index (χ0) is 23.9. The van der Waals surface area contributed by atoms with Crippen molar-refractivity contribution >= 4 is 23.3 Å². The molecule has 9 atom stereocenters. The molecule has 6 aliphatic rings. The van der Waals surface area contributed by atoms with Gasteiger partial charge in [-0.15, -0.1) is 0 Å². The Balaban J connectivity index is 1.37. The summed E-state index contributed by atoms with van der Waals surface area (Å²) in [5.41, 5.74) is -1.05. The van der Waals surface area contributed by atoms with Gasteiger partial charge in [0, 0.05) is 22.7 Å². The van der Waals surface area contributed by atoms with E-state index in [4.69, 9.17) is 9.47 Å². The highest BCUT2D eigenvalue weighted by atomic mass is 32.2. The third kappa shape index (κ3) is 2.97. The smallest absolute Gasteiger partial charge is 0.193 e. The van der Waals surface area contributed by atoms with Crippen LogP contribution in [-0.4, -0.2) is 64.0 Å². The Kier molecular flexibility index (Phi) is 5.51. The van der Waals surface area contributed by atoms with Crippen molar-refractivity contribution in [3.8, 4) is 0 Å². The van der Waals surface area contributed by atoms with Gasteiger partial charge in [-0.05, 0) is 74.0 Å². The van der Waals surface area contributed by atoms with Crippen molar-refractivity contribution in [3.63, 3.8) is 0 Å². The molecule has 0 amide bonds. The zero-order valence-electron chi connectivity index (χ0n) is 20.1. The highest BCUT2D eigenvalue weighted by Crippen LogP contribution is 2.70. The van der Waals surface area contributed by atoms with E-state index in [1.54, 1.807) is 12.2 Å². The van der Waals surface area contributed by atoms with Gasteiger partial charge in [-0.3, -0.25) is 9.59 Å². The number of aliphatic hydroxyl groups is 2. The summed E-state index contributed by atoms with van der Waals surface area (Å²) in [4.78, 5) is 25.6. The Bertz CT molecular complexity index is 955. The third-order valence-electron chi connectivity index (χ3n) is 10.5. The molecule has 0 radical (unpaired) electrons. The number of aliphatic hydroxyl groups excluding tert-OH is 2. The molecule has 0 spiro atoms. The van der Waals surface area contributed by atoms with Crippen LogP contribution in [0.3, 0.4) is 0 Å². The second-order valence-corrected chi connectivity index (χ2v) is 13.0. The molecule has 3 saturated carbocycles. The molecule has 186 valence electrons. The standard InChI is InChI=1S/C27H36O6S/c1-25-8-5-17(29)11-16(25)3-4-18-19-12-22-27(21(31)14-28,26(19,2)13-20(30)23(18)25)33-24(32-22)15-6-9-34-10-7-15/h5,8,11,15,18-20,22-24,28,30H,3-4,6-7,9-10,12-14H2,1-2H3/t18-,19-,20-,22+,23+,24+,25-,26-,27+/m0/s1. The van der Waals surface area contributed by atoms with Crippen molar-refractivity contribution in [1.82, 2.24) is 0 Å². The van der Waals surface area contributed by atoms with Crippen molar-refractivity contribution in [3.05, 3.63) is 23.8 Å². The SMILES string of the molecule is C[C@]12C=CC(=O)C=C1CC[C@@H]1[C@@H]2[C@@H](O)C[C@@]2(C)[C@H]1C[C@H]1O[C@@H](C3CCSCC3)O[C@]12C(=O)CO. The molecular weight excluding hydrogens is 452 g/mol. The maximum atomic E-state index is 13.5. The van der Waals surface area contributed by atoms with E-state index in [2.05, 4.69) is 13.8 Å². The Morgan fingerprint density at radius 1 is 1.24 bits per heavy atom. The van der Waals surface area contributed by atoms with Gasteiger partial charge in [-0.1, -0.05) is 25.5 Å². The predicted octanol–water partition coefficient (Wildman–Crippen LogP) is 3.06. The molecule has 5 fully saturated rings. The van der Waals surface area contributed by atoms with E-state index >= 15 is 0 Å². The van der Waals surface area contributed by atoms with E-state index in [-0.39, 0.29) is 46.8 Å². The minimum atomic E-state index is -1.21. The fourth-order valence-corrected chi connectivity index (χ4v) is 10.1. The first-order valence-corrected chi connectivity index (χ1v) is 14.1. The van der Waals surface area contributed by atoms with E-state index in [0.29, 0.717) is 12.8 Å². The number of hydrogen-bond donors (Lipinski definition) is 2. The van der Waals surface area contributed by atoms with Gasteiger partial charge in [0.1, 0.15) is 6.61 Å². The van der Waals surface area contributed by atoms with Crippen LogP contribution in [0.2, 0.25) is 0 Å². The molecule has 0 bridgehead atoms. The molecule has 0 unspecified atom stereocenters. The number of carbonyl (C=O) groups is 2. The van der Waals surface area contributed by atoms with Crippen LogP contribution in [0.15, 0.2) is 23.8 Å². The van der Waals surface area contributed by atoms with Gasteiger partial charge in [0.15, 0.2) is 23.5 Å². The summed E-state index contributed by atoms with van der Waals surface area (Å²) >= 11 is 1.95. The van der Waals surface area contributed by atoms with Crippen molar-refractivity contribution < 1.29 is 29.3 Å². The van der Waals surface area contributed by atoms with E-state index in [1.165, 1.54) is 0 Å². The molecular formula is C27H36O6S. The monoisotopic (exact) mass is 488 g/mol. The van der Waals surface area contributed by atoms with Crippen molar-refractivity contribution in [1.29, 1.82) is 0 Å². The maximum absolute atomic E-state index is 13.5. The quantitative estimate of drug-likeness (QED) is 0.631. The molecule has 2 N–H and O–H groups in total. The Morgan fingerprint density at radius 2 is 2.00 bits per heavy atom. The summed E-state index contributed by atoms with van der Waals surface area (Å²) in [6.45, 7) is 3.68. The first-order valence-electron chi connectivity index (χ1n) is 12.9. The maximum Gasteiger partial charge on any atom is 0.193 e. The molecule has 34 heavy (non-hydrogen) atoms. The molecule has 6 rings (SSSR count). The van der Waals surface area contributed by atoms with Gasteiger partial charge in [0.05, 0.1) is 12.2 Å². The summed E-state index contributed by atoms with van der Waals surface area (Å²) in [7, 11) is 0. The Morgan fingerprint density at radius 3 is 2.74 bits per heavy atom. The van der Waals surface area contributed by atoms with E-state index in [0.717, 1.165) is 42.8 Å². The summed E-state index contributed by atoms with van der Waals surface area (Å²) in [6, 6.07) is 0. The van der Waals surface area contributed by atoms with Crippen LogP contribution in [0, 0.1) is 34.5 Å². The zero-order valence-corrected chi connectivity index (χ0v) is 20.9. The molecule has 2 saturated heterocycles. The number of hydrogen-bond acceptors (Lipinski definition) is 7. The minimum Gasteiger partial charge on any atom is -0.393 e. The molecule has 6 nitrogen and oxygen atoms in total. The molecule has 0 aromatic heterocycles. The van der Waals surface area contributed by atoms with Crippen LogP contribution >= 0.6 is 11.8 Å². The third-order valence-corrected chi connectivity index (χ3v) is 11.5. The molecule has 7 heteroatoms. The number of thioether (sulfide) groups is 1. The van der Waals surface area contributed by atoms with Gasteiger partial charge in [0.25, 0.3) is 0 Å². The normalized spacial score (nSPS) is 50.2. The number of ether oxygens (including phenoxy) is 2. The van der Waals surface area contributed by atoms with Crippen molar-refractivity contribution in [2.24, 2.45) is 34.5 Å². The lowest BCUT2D eigenvalue weighted by atomic mass is 9.46. The number of Topliss-reactive ketones (excluding diaryl/α,β-unsaturated/α-hetero) is 1. The Hall–Kier alpha value is -0.990. The van der Waals surface area contributed by atoms with Gasteiger partial charge in [-0.2, -0.15) is 11.8 Å². The summed E-state index contributed by atoms with van der Waals surface area (Å²) in [5.74, 6) is 2.47. The van der Waals surface area contributed by atoms with E-state index < -0.39 is 30.0 Å². The highest BCUT2D eigenvalue weighted by molar-refractivity contribution is 7.99. The van der Waals surface area contributed by atoms with Crippen LogP contribution in [0.25, 0.3) is 0 Å². The second-order valence-electron chi connectivity index (χ2n) is 11.8. The van der Waals surface area contributed by atoms with Gasteiger partial charge in [0.2, 0.25) is 0 Å². The van der Waals surface area contributed by atoms with Crippen LogP contribution in [0.5, 0.6) is 0 Å². The molecule has 2 heterocycles. The van der Waals surface area contributed by atoms with Crippen LogP contribution in [-0.2, 0) is 19.1 Å². The van der Waals surface area contributed by atoms with Crippen molar-refractivity contribution in [2.45, 2.75) is 76.5 Å². The fraction of sp³-hybridized carbons (Fsp3) is 0.778. The largest absolute Gasteiger partial charge is 0.393 e. The fourth-order valence-electron chi connectivity index (χ4n) is 8.91. The van der Waals surface area contributed by atoms with E-state index in [1.807, 2.05) is 17.8 Å². The van der Waals surface area contributed by atoms with Crippen LogP contribution in [0.4, 0.5) is 0 Å². The summed E-state index contributed by atoms with van der Waals surface area (Å²) in [5, 5.41) is 21.7. The molecule has 0 aromatic carbocycles. The number of ketones is 2. The lowest BCUT2D eigenvalue weighted by molar-refractivity contribution is -0.208. The lowest BCUT2D eigenvalue weighted by Gasteiger charge is -2.59. The molecule has 4 aliphatic carbocycles. The van der Waals surface area contributed by atoms with Gasteiger partial charge < -0.3 is 19.7 Å². The first-order chi connectivity index (χ1) is 16.2. The van der Waals surface area contributed by atoms with E-state index in [9.17, 15) is 19.8 Å². The number of rotatable bonds is 3. The number of allylic oxidation sites excluding steroid dienone is 4. The average molecular weight is 489 g/mol. The summed E-state index contributed by atoms with van der Waals surface area (Å²) < 4.78 is 13.2. The van der Waals surface area contributed by atoms with Crippen LogP contribution < -0.4 is 0 Å². The first kappa shape index (κ1) is 23.4.